The van der Waals surface area contributed by atoms with E-state index in [1.165, 1.54) is 19.2 Å². The highest BCUT2D eigenvalue weighted by Gasteiger charge is 2.30. The lowest BCUT2D eigenvalue weighted by Crippen LogP contribution is -2.56. The minimum absolute atomic E-state index is 0.0757. The molecule has 2 aliphatic heterocycles. The van der Waals surface area contributed by atoms with Crippen LogP contribution >= 0.6 is 0 Å². The van der Waals surface area contributed by atoms with Crippen molar-refractivity contribution in [3.8, 4) is 5.75 Å². The molecule has 2 aliphatic rings. The highest BCUT2D eigenvalue weighted by atomic mass is 19.1. The first kappa shape index (κ1) is 21.2. The topological polar surface area (TPSA) is 113 Å². The standard InChI is InChI=1S/C20H27FN8O2/c1-31-16-5-4-14(12-15(16)21)23-19-24-18(22)25-20(26-19)29-10-8-28(9-11-29)17(13-30)27-6-2-3-7-27/h4-5,12-13,17H,2-3,6-11H2,1H3,(H3,22,23,24,25,26). The van der Waals surface area contributed by atoms with E-state index in [-0.39, 0.29) is 23.8 Å². The van der Waals surface area contributed by atoms with Crippen LogP contribution < -0.4 is 20.7 Å². The number of carbonyl (C=O) groups excluding carboxylic acids is 1. The summed E-state index contributed by atoms with van der Waals surface area (Å²) < 4.78 is 18.9. The number of halogens is 1. The van der Waals surface area contributed by atoms with Gasteiger partial charge in [-0.2, -0.15) is 15.0 Å². The summed E-state index contributed by atoms with van der Waals surface area (Å²) in [5.74, 6) is 0.423. The van der Waals surface area contributed by atoms with Gasteiger partial charge in [0.05, 0.1) is 7.11 Å². The summed E-state index contributed by atoms with van der Waals surface area (Å²) in [6.07, 6.45) is 3.15. The van der Waals surface area contributed by atoms with Gasteiger partial charge in [0, 0.05) is 51.0 Å². The van der Waals surface area contributed by atoms with Crippen molar-refractivity contribution in [1.29, 1.82) is 0 Å². The number of benzene rings is 1. The Morgan fingerprint density at radius 3 is 2.45 bits per heavy atom. The Bertz CT molecular complexity index is 916. The molecule has 11 heteroatoms. The van der Waals surface area contributed by atoms with Crippen LogP contribution in [-0.2, 0) is 4.79 Å². The maximum atomic E-state index is 14.0. The number of likely N-dealkylation sites (tertiary alicyclic amines) is 1. The van der Waals surface area contributed by atoms with Gasteiger partial charge in [0.15, 0.2) is 17.9 Å². The number of nitrogens with zero attached hydrogens (tertiary/aromatic N) is 6. The van der Waals surface area contributed by atoms with E-state index >= 15 is 0 Å². The van der Waals surface area contributed by atoms with Crippen LogP contribution in [0.4, 0.5) is 27.9 Å². The average Bonchev–Trinajstić information content (AvgIpc) is 3.29. The van der Waals surface area contributed by atoms with Crippen LogP contribution in [0.1, 0.15) is 12.8 Å². The van der Waals surface area contributed by atoms with Crippen molar-refractivity contribution in [2.24, 2.45) is 0 Å². The molecular weight excluding hydrogens is 403 g/mol. The lowest BCUT2D eigenvalue weighted by atomic mass is 10.3. The van der Waals surface area contributed by atoms with Crippen LogP contribution in [-0.4, -0.2) is 83.6 Å². The maximum Gasteiger partial charge on any atom is 0.233 e. The molecule has 2 saturated heterocycles. The number of piperazine rings is 1. The zero-order chi connectivity index (χ0) is 21.8. The molecule has 0 amide bonds. The van der Waals surface area contributed by atoms with Crippen molar-refractivity contribution in [3.05, 3.63) is 24.0 Å². The second-order valence-electron chi connectivity index (χ2n) is 7.61. The number of aldehydes is 1. The van der Waals surface area contributed by atoms with Crippen molar-refractivity contribution in [1.82, 2.24) is 24.8 Å². The fourth-order valence-corrected chi connectivity index (χ4v) is 4.05. The van der Waals surface area contributed by atoms with Crippen molar-refractivity contribution >= 4 is 29.8 Å². The Morgan fingerprint density at radius 2 is 1.81 bits per heavy atom. The zero-order valence-electron chi connectivity index (χ0n) is 17.5. The molecule has 0 spiro atoms. The van der Waals surface area contributed by atoms with Gasteiger partial charge >= 0.3 is 0 Å². The first-order chi connectivity index (χ1) is 15.1. The van der Waals surface area contributed by atoms with E-state index in [9.17, 15) is 9.18 Å². The molecule has 1 atom stereocenters. The third-order valence-corrected chi connectivity index (χ3v) is 5.66. The molecule has 3 N–H and O–H groups in total. The number of ether oxygens (including phenoxy) is 1. The quantitative estimate of drug-likeness (QED) is 0.619. The average molecular weight is 430 g/mol. The molecule has 1 aromatic heterocycles. The van der Waals surface area contributed by atoms with Crippen LogP contribution in [0, 0.1) is 5.82 Å². The number of anilines is 4. The van der Waals surface area contributed by atoms with Crippen molar-refractivity contribution in [2.75, 3.05) is 62.3 Å². The number of carbonyl (C=O) groups is 1. The number of methoxy groups -OCH3 is 1. The number of hydrogen-bond donors (Lipinski definition) is 2. The van der Waals surface area contributed by atoms with Gasteiger partial charge in [-0.25, -0.2) is 4.39 Å². The van der Waals surface area contributed by atoms with E-state index in [1.807, 2.05) is 4.90 Å². The van der Waals surface area contributed by atoms with Crippen LogP contribution in [0.15, 0.2) is 18.2 Å². The molecule has 1 unspecified atom stereocenters. The van der Waals surface area contributed by atoms with Gasteiger partial charge in [-0.1, -0.05) is 0 Å². The Morgan fingerprint density at radius 1 is 1.10 bits per heavy atom. The Kier molecular flexibility index (Phi) is 6.42. The largest absolute Gasteiger partial charge is 0.494 e. The molecule has 0 radical (unpaired) electrons. The van der Waals surface area contributed by atoms with Crippen molar-refractivity contribution < 1.29 is 13.9 Å². The van der Waals surface area contributed by atoms with Gasteiger partial charge in [-0.15, -0.1) is 0 Å². The summed E-state index contributed by atoms with van der Waals surface area (Å²) in [6, 6.07) is 4.49. The highest BCUT2D eigenvalue weighted by molar-refractivity contribution is 5.58. The number of nitrogens with one attached hydrogen (secondary N) is 1. The lowest BCUT2D eigenvalue weighted by Gasteiger charge is -2.40. The predicted molar refractivity (Wildman–Crippen MR) is 115 cm³/mol. The molecule has 10 nitrogen and oxygen atoms in total. The fourth-order valence-electron chi connectivity index (χ4n) is 4.05. The first-order valence-corrected chi connectivity index (χ1v) is 10.4. The third-order valence-electron chi connectivity index (χ3n) is 5.66. The monoisotopic (exact) mass is 430 g/mol. The molecule has 166 valence electrons. The van der Waals surface area contributed by atoms with E-state index in [2.05, 4.69) is 30.1 Å². The number of aromatic nitrogens is 3. The molecule has 1 aromatic carbocycles. The summed E-state index contributed by atoms with van der Waals surface area (Å²) in [6.45, 7) is 4.70. The van der Waals surface area contributed by atoms with Gasteiger partial charge in [-0.05, 0) is 25.0 Å². The first-order valence-electron chi connectivity index (χ1n) is 10.4. The predicted octanol–water partition coefficient (Wildman–Crippen LogP) is 1.09. The Labute approximate surface area is 180 Å². The van der Waals surface area contributed by atoms with E-state index in [4.69, 9.17) is 10.5 Å². The minimum atomic E-state index is -0.492. The van der Waals surface area contributed by atoms with Crippen molar-refractivity contribution in [2.45, 2.75) is 19.0 Å². The van der Waals surface area contributed by atoms with Crippen LogP contribution in [0.5, 0.6) is 5.75 Å². The number of hydrogen-bond acceptors (Lipinski definition) is 10. The van der Waals surface area contributed by atoms with E-state index in [0.717, 1.165) is 45.3 Å². The Balaban J connectivity index is 1.43. The van der Waals surface area contributed by atoms with Gasteiger partial charge in [0.1, 0.15) is 6.17 Å². The number of rotatable bonds is 7. The molecular formula is C20H27FN8O2. The summed E-state index contributed by atoms with van der Waals surface area (Å²) in [5, 5.41) is 2.96. The van der Waals surface area contributed by atoms with E-state index in [1.54, 1.807) is 6.07 Å². The minimum Gasteiger partial charge on any atom is -0.494 e. The summed E-state index contributed by atoms with van der Waals surface area (Å²) >= 11 is 0. The summed E-state index contributed by atoms with van der Waals surface area (Å²) in [5.41, 5.74) is 6.36. The fraction of sp³-hybridized carbons (Fsp3) is 0.500. The second-order valence-corrected chi connectivity index (χ2v) is 7.61. The zero-order valence-corrected chi connectivity index (χ0v) is 17.5. The number of nitrogens with two attached hydrogens (primary N) is 1. The van der Waals surface area contributed by atoms with Crippen LogP contribution in [0.25, 0.3) is 0 Å². The SMILES string of the molecule is COc1ccc(Nc2nc(N)nc(N3CCN(C(C=O)N4CCCC4)CC3)n2)cc1F. The Hall–Kier alpha value is -3.05. The third kappa shape index (κ3) is 4.83. The smallest absolute Gasteiger partial charge is 0.233 e. The lowest BCUT2D eigenvalue weighted by molar-refractivity contribution is -0.118. The normalized spacial score (nSPS) is 18.7. The van der Waals surface area contributed by atoms with E-state index in [0.29, 0.717) is 24.7 Å². The van der Waals surface area contributed by atoms with Gasteiger partial charge in [-0.3, -0.25) is 9.80 Å². The van der Waals surface area contributed by atoms with Crippen LogP contribution in [0.2, 0.25) is 0 Å². The summed E-state index contributed by atoms with van der Waals surface area (Å²) in [7, 11) is 1.41. The van der Waals surface area contributed by atoms with Gasteiger partial charge in [0.2, 0.25) is 17.8 Å². The molecule has 2 aromatic rings. The second kappa shape index (κ2) is 9.40. The molecule has 0 aliphatic carbocycles. The number of nitrogen functional groups attached to an aromatic ring is 1. The molecule has 0 bridgehead atoms. The molecule has 4 rings (SSSR count). The summed E-state index contributed by atoms with van der Waals surface area (Å²) in [4.78, 5) is 30.9. The highest BCUT2D eigenvalue weighted by Crippen LogP contribution is 2.24. The molecule has 2 fully saturated rings. The van der Waals surface area contributed by atoms with E-state index < -0.39 is 5.82 Å². The van der Waals surface area contributed by atoms with Gasteiger partial charge < -0.3 is 25.5 Å². The molecule has 0 saturated carbocycles. The molecule has 3 heterocycles. The van der Waals surface area contributed by atoms with Crippen molar-refractivity contribution in [3.63, 3.8) is 0 Å². The van der Waals surface area contributed by atoms with Gasteiger partial charge in [0.25, 0.3) is 0 Å². The van der Waals surface area contributed by atoms with Crippen LogP contribution in [0.3, 0.4) is 0 Å². The maximum absolute atomic E-state index is 14.0. The molecule has 31 heavy (non-hydrogen) atoms.